The van der Waals surface area contributed by atoms with Gasteiger partial charge in [-0.1, -0.05) is 30.3 Å². The molecule has 20 heavy (non-hydrogen) atoms. The fourth-order valence-corrected chi connectivity index (χ4v) is 2.88. The average Bonchev–Trinajstić information content (AvgIpc) is 2.94. The van der Waals surface area contributed by atoms with Crippen molar-refractivity contribution in [1.29, 1.82) is 0 Å². The van der Waals surface area contributed by atoms with Crippen molar-refractivity contribution in [3.63, 3.8) is 0 Å². The van der Waals surface area contributed by atoms with Gasteiger partial charge in [-0.15, -0.1) is 0 Å². The van der Waals surface area contributed by atoms with Crippen LogP contribution in [-0.2, 0) is 0 Å². The topological polar surface area (TPSA) is 49.0 Å². The summed E-state index contributed by atoms with van der Waals surface area (Å²) < 4.78 is 0. The Kier molecular flexibility index (Phi) is 3.54. The lowest BCUT2D eigenvalue weighted by atomic mass is 9.89. The molecule has 4 heteroatoms. The number of likely N-dealkylation sites (tertiary alicyclic amines) is 1. The minimum absolute atomic E-state index is 0.0998. The monoisotopic (exact) mass is 269 g/mol. The number of hydrogen-bond acceptors (Lipinski definition) is 2. The number of aromatic amines is 1. The van der Waals surface area contributed by atoms with Crippen LogP contribution < -0.4 is 0 Å². The van der Waals surface area contributed by atoms with Gasteiger partial charge >= 0.3 is 0 Å². The van der Waals surface area contributed by atoms with Crippen LogP contribution in [0.1, 0.15) is 40.4 Å². The highest BCUT2D eigenvalue weighted by Crippen LogP contribution is 2.28. The summed E-state index contributed by atoms with van der Waals surface area (Å²) in [7, 11) is 0. The van der Waals surface area contributed by atoms with E-state index in [2.05, 4.69) is 34.5 Å². The van der Waals surface area contributed by atoms with Gasteiger partial charge in [0.2, 0.25) is 0 Å². The maximum absolute atomic E-state index is 12.4. The van der Waals surface area contributed by atoms with Crippen molar-refractivity contribution < 1.29 is 4.79 Å². The summed E-state index contributed by atoms with van der Waals surface area (Å²) in [5.74, 6) is 0.674. The van der Waals surface area contributed by atoms with Crippen LogP contribution in [0, 0.1) is 6.92 Å². The number of H-pyrrole nitrogens is 1. The molecule has 4 nitrogen and oxygen atoms in total. The minimum Gasteiger partial charge on any atom is -0.338 e. The molecule has 1 saturated heterocycles. The normalized spacial score (nSPS) is 16.4. The first kappa shape index (κ1) is 12.9. The largest absolute Gasteiger partial charge is 0.338 e. The Morgan fingerprint density at radius 1 is 1.25 bits per heavy atom. The van der Waals surface area contributed by atoms with Crippen LogP contribution in [0.3, 0.4) is 0 Å². The lowest BCUT2D eigenvalue weighted by molar-refractivity contribution is 0.0712. The number of piperidine rings is 1. The summed E-state index contributed by atoms with van der Waals surface area (Å²) >= 11 is 0. The van der Waals surface area contributed by atoms with Gasteiger partial charge in [0.25, 0.3) is 5.91 Å². The second-order valence-electron chi connectivity index (χ2n) is 5.39. The smallest absolute Gasteiger partial charge is 0.257 e. The van der Waals surface area contributed by atoms with E-state index in [9.17, 15) is 4.79 Å². The SMILES string of the molecule is Cc1[nH]ncc1C(=O)N1CCC(c2ccccc2)CC1. The Hall–Kier alpha value is -2.10. The maximum Gasteiger partial charge on any atom is 0.257 e. The quantitative estimate of drug-likeness (QED) is 0.911. The molecule has 0 radical (unpaired) electrons. The van der Waals surface area contributed by atoms with Crippen LogP contribution in [0.15, 0.2) is 36.5 Å². The summed E-state index contributed by atoms with van der Waals surface area (Å²) in [5.41, 5.74) is 2.93. The van der Waals surface area contributed by atoms with Gasteiger partial charge in [0, 0.05) is 18.8 Å². The van der Waals surface area contributed by atoms with Crippen molar-refractivity contribution in [3.05, 3.63) is 53.3 Å². The first-order valence-electron chi connectivity index (χ1n) is 7.10. The minimum atomic E-state index is 0.0998. The zero-order valence-electron chi connectivity index (χ0n) is 11.7. The van der Waals surface area contributed by atoms with Gasteiger partial charge in [0.05, 0.1) is 11.8 Å². The van der Waals surface area contributed by atoms with E-state index in [1.54, 1.807) is 6.20 Å². The third kappa shape index (κ3) is 2.46. The van der Waals surface area contributed by atoms with E-state index < -0.39 is 0 Å². The third-order valence-electron chi connectivity index (χ3n) is 4.11. The Morgan fingerprint density at radius 2 is 1.95 bits per heavy atom. The van der Waals surface area contributed by atoms with Crippen LogP contribution in [0.2, 0.25) is 0 Å². The number of carbonyl (C=O) groups excluding carboxylic acids is 1. The van der Waals surface area contributed by atoms with Gasteiger partial charge in [-0.3, -0.25) is 9.89 Å². The van der Waals surface area contributed by atoms with E-state index in [1.165, 1.54) is 5.56 Å². The average molecular weight is 269 g/mol. The van der Waals surface area contributed by atoms with Crippen LogP contribution in [0.4, 0.5) is 0 Å². The zero-order chi connectivity index (χ0) is 13.9. The number of benzene rings is 1. The zero-order valence-corrected chi connectivity index (χ0v) is 11.7. The summed E-state index contributed by atoms with van der Waals surface area (Å²) in [5, 5.41) is 6.75. The third-order valence-corrected chi connectivity index (χ3v) is 4.11. The van der Waals surface area contributed by atoms with Gasteiger partial charge in [-0.2, -0.15) is 5.10 Å². The highest BCUT2D eigenvalue weighted by molar-refractivity contribution is 5.95. The van der Waals surface area contributed by atoms with E-state index in [0.717, 1.165) is 31.6 Å². The van der Waals surface area contributed by atoms with Crippen LogP contribution in [0.5, 0.6) is 0 Å². The highest BCUT2D eigenvalue weighted by Gasteiger charge is 2.25. The molecule has 0 unspecified atom stereocenters. The van der Waals surface area contributed by atoms with E-state index >= 15 is 0 Å². The number of aryl methyl sites for hydroxylation is 1. The number of hydrogen-bond donors (Lipinski definition) is 1. The molecule has 0 atom stereocenters. The van der Waals surface area contributed by atoms with Gasteiger partial charge in [-0.25, -0.2) is 0 Å². The van der Waals surface area contributed by atoms with Crippen molar-refractivity contribution in [2.45, 2.75) is 25.7 Å². The van der Waals surface area contributed by atoms with Crippen molar-refractivity contribution in [3.8, 4) is 0 Å². The summed E-state index contributed by atoms with van der Waals surface area (Å²) in [6.07, 6.45) is 3.69. The lowest BCUT2D eigenvalue weighted by Gasteiger charge is -2.32. The van der Waals surface area contributed by atoms with Gasteiger partial charge < -0.3 is 4.90 Å². The standard InChI is InChI=1S/C16H19N3O/c1-12-15(11-17-18-12)16(20)19-9-7-14(8-10-19)13-5-3-2-4-6-13/h2-6,11,14H,7-10H2,1H3,(H,17,18). The Labute approximate surface area is 118 Å². The van der Waals surface area contributed by atoms with E-state index in [0.29, 0.717) is 11.5 Å². The highest BCUT2D eigenvalue weighted by atomic mass is 16.2. The molecule has 1 aromatic carbocycles. The fourth-order valence-electron chi connectivity index (χ4n) is 2.88. The van der Waals surface area contributed by atoms with Crippen LogP contribution in [-0.4, -0.2) is 34.1 Å². The van der Waals surface area contributed by atoms with Crippen molar-refractivity contribution in [2.75, 3.05) is 13.1 Å². The van der Waals surface area contributed by atoms with E-state index in [4.69, 9.17) is 0 Å². The molecule has 2 heterocycles. The molecule has 1 aliphatic rings. The summed E-state index contributed by atoms with van der Waals surface area (Å²) in [4.78, 5) is 14.3. The van der Waals surface area contributed by atoms with Crippen molar-refractivity contribution in [1.82, 2.24) is 15.1 Å². The predicted molar refractivity (Wildman–Crippen MR) is 77.6 cm³/mol. The van der Waals surface area contributed by atoms with Crippen LogP contribution >= 0.6 is 0 Å². The lowest BCUT2D eigenvalue weighted by Crippen LogP contribution is -2.38. The molecule has 1 fully saturated rings. The number of nitrogens with one attached hydrogen (secondary N) is 1. The molecule has 1 N–H and O–H groups in total. The predicted octanol–water partition coefficient (Wildman–Crippen LogP) is 2.74. The van der Waals surface area contributed by atoms with Crippen molar-refractivity contribution >= 4 is 5.91 Å². The molecule has 0 saturated carbocycles. The van der Waals surface area contributed by atoms with Gasteiger partial charge in [-0.05, 0) is 31.2 Å². The summed E-state index contributed by atoms with van der Waals surface area (Å²) in [6.45, 7) is 3.53. The number of carbonyl (C=O) groups is 1. The molecule has 1 aromatic heterocycles. The second-order valence-corrected chi connectivity index (χ2v) is 5.39. The first-order valence-corrected chi connectivity index (χ1v) is 7.10. The van der Waals surface area contributed by atoms with E-state index in [-0.39, 0.29) is 5.91 Å². The molecule has 0 bridgehead atoms. The molecule has 0 spiro atoms. The molecular formula is C16H19N3O. The molecule has 2 aromatic rings. The van der Waals surface area contributed by atoms with E-state index in [1.807, 2.05) is 17.9 Å². The van der Waals surface area contributed by atoms with Gasteiger partial charge in [0.15, 0.2) is 0 Å². The maximum atomic E-state index is 12.4. The Morgan fingerprint density at radius 3 is 2.55 bits per heavy atom. The van der Waals surface area contributed by atoms with Crippen LogP contribution in [0.25, 0.3) is 0 Å². The Balaban J connectivity index is 1.64. The number of amides is 1. The Bertz CT molecular complexity index is 583. The number of aromatic nitrogens is 2. The molecule has 1 amide bonds. The molecule has 0 aliphatic carbocycles. The van der Waals surface area contributed by atoms with Gasteiger partial charge in [0.1, 0.15) is 0 Å². The molecule has 104 valence electrons. The summed E-state index contributed by atoms with van der Waals surface area (Å²) in [6, 6.07) is 10.6. The van der Waals surface area contributed by atoms with Crippen molar-refractivity contribution in [2.24, 2.45) is 0 Å². The fraction of sp³-hybridized carbons (Fsp3) is 0.375. The number of nitrogens with zero attached hydrogens (tertiary/aromatic N) is 2. The molecular weight excluding hydrogens is 250 g/mol. The second kappa shape index (κ2) is 5.49. The number of rotatable bonds is 2. The molecule has 3 rings (SSSR count). The first-order chi connectivity index (χ1) is 9.75. The molecule has 1 aliphatic heterocycles.